The molecule has 0 aliphatic carbocycles. The molecule has 0 heterocycles. The molecule has 23 heavy (non-hydrogen) atoms. The standard InChI is InChI=1S/C16H16ClNO4S/c17-14-6-8-15(9-7-14)23(21,22)18(12-16(19)20)11-10-13-4-2-1-3-5-13/h1-9H,10-12H2,(H,19,20). The summed E-state index contributed by atoms with van der Waals surface area (Å²) in [6, 6.07) is 15.0. The van der Waals surface area contributed by atoms with E-state index in [1.54, 1.807) is 0 Å². The van der Waals surface area contributed by atoms with E-state index in [1.165, 1.54) is 24.3 Å². The van der Waals surface area contributed by atoms with Gasteiger partial charge >= 0.3 is 5.97 Å². The molecule has 0 aliphatic rings. The highest BCUT2D eigenvalue weighted by atomic mass is 35.5. The number of nitrogens with zero attached hydrogens (tertiary/aromatic N) is 1. The van der Waals surface area contributed by atoms with Gasteiger partial charge in [-0.1, -0.05) is 41.9 Å². The molecule has 2 aromatic rings. The first-order valence-corrected chi connectivity index (χ1v) is 8.73. The number of carboxylic acids is 1. The van der Waals surface area contributed by atoms with Gasteiger partial charge in [-0.25, -0.2) is 8.42 Å². The number of halogens is 1. The molecule has 0 saturated carbocycles. The van der Waals surface area contributed by atoms with E-state index in [2.05, 4.69) is 0 Å². The third-order valence-corrected chi connectivity index (χ3v) is 5.37. The molecule has 0 unspecified atom stereocenters. The van der Waals surface area contributed by atoms with Crippen LogP contribution in [0.1, 0.15) is 5.56 Å². The summed E-state index contributed by atoms with van der Waals surface area (Å²) in [5.74, 6) is -1.20. The predicted octanol–water partition coefficient (Wildman–Crippen LogP) is 2.66. The molecule has 1 N–H and O–H groups in total. The molecule has 0 atom stereocenters. The first-order valence-electron chi connectivity index (χ1n) is 6.91. The zero-order chi connectivity index (χ0) is 16.9. The zero-order valence-electron chi connectivity index (χ0n) is 12.2. The van der Waals surface area contributed by atoms with Crippen LogP contribution in [0.5, 0.6) is 0 Å². The Morgan fingerprint density at radius 3 is 2.22 bits per heavy atom. The number of carboxylic acid groups (broad SMARTS) is 1. The molecule has 0 radical (unpaired) electrons. The fourth-order valence-electron chi connectivity index (χ4n) is 2.09. The van der Waals surface area contributed by atoms with Crippen LogP contribution in [0.3, 0.4) is 0 Å². The Morgan fingerprint density at radius 2 is 1.65 bits per heavy atom. The van der Waals surface area contributed by atoms with Crippen LogP contribution in [0.25, 0.3) is 0 Å². The molecule has 0 amide bonds. The first-order chi connectivity index (χ1) is 10.9. The van der Waals surface area contributed by atoms with Crippen LogP contribution < -0.4 is 0 Å². The van der Waals surface area contributed by atoms with E-state index in [0.717, 1.165) is 9.87 Å². The van der Waals surface area contributed by atoms with Crippen molar-refractivity contribution in [3.63, 3.8) is 0 Å². The molecule has 7 heteroatoms. The van der Waals surface area contributed by atoms with E-state index in [0.29, 0.717) is 11.4 Å². The van der Waals surface area contributed by atoms with Gasteiger partial charge in [-0.3, -0.25) is 4.79 Å². The normalized spacial score (nSPS) is 11.6. The van der Waals surface area contributed by atoms with E-state index in [-0.39, 0.29) is 11.4 Å². The summed E-state index contributed by atoms with van der Waals surface area (Å²) in [5, 5.41) is 9.42. The highest BCUT2D eigenvalue weighted by molar-refractivity contribution is 7.89. The number of hydrogen-bond acceptors (Lipinski definition) is 3. The number of benzene rings is 2. The van der Waals surface area contributed by atoms with Gasteiger partial charge in [0.05, 0.1) is 4.90 Å². The van der Waals surface area contributed by atoms with E-state index in [9.17, 15) is 13.2 Å². The van der Waals surface area contributed by atoms with Crippen molar-refractivity contribution in [1.29, 1.82) is 0 Å². The quantitative estimate of drug-likeness (QED) is 0.830. The van der Waals surface area contributed by atoms with Gasteiger partial charge in [0.25, 0.3) is 0 Å². The van der Waals surface area contributed by atoms with Crippen molar-refractivity contribution in [2.24, 2.45) is 0 Å². The first kappa shape index (κ1) is 17.5. The van der Waals surface area contributed by atoms with Crippen LogP contribution in [0.15, 0.2) is 59.5 Å². The van der Waals surface area contributed by atoms with Crippen LogP contribution in [-0.4, -0.2) is 36.9 Å². The lowest BCUT2D eigenvalue weighted by molar-refractivity contribution is -0.137. The number of aliphatic carboxylic acids is 1. The van der Waals surface area contributed by atoms with E-state index < -0.39 is 22.5 Å². The van der Waals surface area contributed by atoms with Gasteiger partial charge in [0.1, 0.15) is 6.54 Å². The average molecular weight is 354 g/mol. The van der Waals surface area contributed by atoms with Crippen molar-refractivity contribution in [3.05, 3.63) is 65.2 Å². The average Bonchev–Trinajstić information content (AvgIpc) is 2.52. The Bertz CT molecular complexity index is 760. The highest BCUT2D eigenvalue weighted by Gasteiger charge is 2.26. The zero-order valence-corrected chi connectivity index (χ0v) is 13.8. The fraction of sp³-hybridized carbons (Fsp3) is 0.188. The molecular formula is C16H16ClNO4S. The van der Waals surface area contributed by atoms with Crippen molar-refractivity contribution in [2.75, 3.05) is 13.1 Å². The summed E-state index contributed by atoms with van der Waals surface area (Å²) < 4.78 is 26.2. The van der Waals surface area contributed by atoms with Crippen LogP contribution in [0, 0.1) is 0 Å². The second kappa shape index (κ2) is 7.59. The maximum absolute atomic E-state index is 12.6. The third-order valence-electron chi connectivity index (χ3n) is 3.26. The molecule has 2 rings (SSSR count). The van der Waals surface area contributed by atoms with E-state index >= 15 is 0 Å². The Balaban J connectivity index is 2.22. The van der Waals surface area contributed by atoms with Crippen molar-refractivity contribution in [3.8, 4) is 0 Å². The molecule has 0 aliphatic heterocycles. The predicted molar refractivity (Wildman–Crippen MR) is 88.0 cm³/mol. The minimum atomic E-state index is -3.89. The molecule has 0 spiro atoms. The summed E-state index contributed by atoms with van der Waals surface area (Å²) in [6.45, 7) is -0.501. The number of sulfonamides is 1. The minimum Gasteiger partial charge on any atom is -0.480 e. The molecule has 5 nitrogen and oxygen atoms in total. The van der Waals surface area contributed by atoms with E-state index in [1.807, 2.05) is 30.3 Å². The Labute approximate surface area is 140 Å². The van der Waals surface area contributed by atoms with Gasteiger partial charge in [-0.15, -0.1) is 0 Å². The van der Waals surface area contributed by atoms with Crippen LogP contribution in [-0.2, 0) is 21.2 Å². The lowest BCUT2D eigenvalue weighted by atomic mass is 10.1. The Hall–Kier alpha value is -1.89. The summed E-state index contributed by atoms with van der Waals surface area (Å²) in [7, 11) is -3.89. The maximum Gasteiger partial charge on any atom is 0.318 e. The third kappa shape index (κ3) is 4.79. The monoisotopic (exact) mass is 353 g/mol. The second-order valence-electron chi connectivity index (χ2n) is 4.92. The Kier molecular flexibility index (Phi) is 5.76. The number of rotatable bonds is 7. The second-order valence-corrected chi connectivity index (χ2v) is 7.30. The molecule has 0 bridgehead atoms. The number of carbonyl (C=O) groups is 1. The van der Waals surface area contributed by atoms with Gasteiger partial charge in [-0.2, -0.15) is 4.31 Å². The molecule has 0 fully saturated rings. The molecule has 0 aromatic heterocycles. The fourth-order valence-corrected chi connectivity index (χ4v) is 3.61. The molecular weight excluding hydrogens is 338 g/mol. The van der Waals surface area contributed by atoms with Crippen LogP contribution >= 0.6 is 11.6 Å². The van der Waals surface area contributed by atoms with Gasteiger partial charge in [0, 0.05) is 11.6 Å². The summed E-state index contributed by atoms with van der Waals surface area (Å²) in [4.78, 5) is 11.1. The van der Waals surface area contributed by atoms with Gasteiger partial charge in [0.2, 0.25) is 10.0 Å². The molecule has 0 saturated heterocycles. The maximum atomic E-state index is 12.6. The topological polar surface area (TPSA) is 74.7 Å². The van der Waals surface area contributed by atoms with Gasteiger partial charge in [0.15, 0.2) is 0 Å². The van der Waals surface area contributed by atoms with E-state index in [4.69, 9.17) is 16.7 Å². The van der Waals surface area contributed by atoms with Gasteiger partial charge < -0.3 is 5.11 Å². The van der Waals surface area contributed by atoms with Crippen LogP contribution in [0.2, 0.25) is 5.02 Å². The van der Waals surface area contributed by atoms with Gasteiger partial charge in [-0.05, 0) is 36.2 Å². The smallest absolute Gasteiger partial charge is 0.318 e. The van der Waals surface area contributed by atoms with Crippen molar-refractivity contribution in [2.45, 2.75) is 11.3 Å². The summed E-state index contributed by atoms with van der Waals surface area (Å²) in [5.41, 5.74) is 0.939. The lowest BCUT2D eigenvalue weighted by Crippen LogP contribution is -2.37. The van der Waals surface area contributed by atoms with Crippen LogP contribution in [0.4, 0.5) is 0 Å². The number of hydrogen-bond donors (Lipinski definition) is 1. The highest BCUT2D eigenvalue weighted by Crippen LogP contribution is 2.19. The molecule has 2 aromatic carbocycles. The molecule has 122 valence electrons. The summed E-state index contributed by atoms with van der Waals surface area (Å²) >= 11 is 5.76. The summed E-state index contributed by atoms with van der Waals surface area (Å²) in [6.07, 6.45) is 0.431. The van der Waals surface area contributed by atoms with Crippen molar-refractivity contribution >= 4 is 27.6 Å². The SMILES string of the molecule is O=C(O)CN(CCc1ccccc1)S(=O)(=O)c1ccc(Cl)cc1. The van der Waals surface area contributed by atoms with Crippen molar-refractivity contribution < 1.29 is 18.3 Å². The largest absolute Gasteiger partial charge is 0.480 e. The van der Waals surface area contributed by atoms with Crippen molar-refractivity contribution in [1.82, 2.24) is 4.31 Å². The Morgan fingerprint density at radius 1 is 1.04 bits per heavy atom. The minimum absolute atomic E-state index is 0.0243. The lowest BCUT2D eigenvalue weighted by Gasteiger charge is -2.20.